The van der Waals surface area contributed by atoms with Gasteiger partial charge in [-0.05, 0) is 55.1 Å². The number of thiocarbonyl (C=S) groups is 1. The second-order valence-corrected chi connectivity index (χ2v) is 8.18. The van der Waals surface area contributed by atoms with Crippen molar-refractivity contribution in [1.29, 1.82) is 0 Å². The van der Waals surface area contributed by atoms with Gasteiger partial charge < -0.3 is 10.6 Å². The fourth-order valence-electron chi connectivity index (χ4n) is 2.92. The molecule has 0 aromatic heterocycles. The van der Waals surface area contributed by atoms with Gasteiger partial charge in [0, 0.05) is 12.6 Å². The normalized spacial score (nSPS) is 21.7. The Morgan fingerprint density at radius 3 is 2.52 bits per heavy atom. The van der Waals surface area contributed by atoms with Gasteiger partial charge in [-0.25, -0.2) is 13.6 Å². The molecule has 1 aliphatic carbocycles. The third-order valence-electron chi connectivity index (χ3n) is 4.38. The van der Waals surface area contributed by atoms with E-state index >= 15 is 0 Å². The topological polar surface area (TPSA) is 84.2 Å². The highest BCUT2D eigenvalue weighted by Crippen LogP contribution is 2.23. The quantitative estimate of drug-likeness (QED) is 0.703. The van der Waals surface area contributed by atoms with Crippen molar-refractivity contribution in [3.8, 4) is 0 Å². The fraction of sp³-hybridized carbons (Fsp3) is 0.562. The Balaban J connectivity index is 1.75. The summed E-state index contributed by atoms with van der Waals surface area (Å²) in [5.74, 6) is 0.661. The highest BCUT2D eigenvalue weighted by molar-refractivity contribution is 7.89. The number of nitrogens with two attached hydrogens (primary N) is 1. The molecule has 0 spiro atoms. The summed E-state index contributed by atoms with van der Waals surface area (Å²) in [7, 11) is -3.62. The van der Waals surface area contributed by atoms with Crippen LogP contribution < -0.4 is 15.8 Å². The molecule has 1 aliphatic rings. The summed E-state index contributed by atoms with van der Waals surface area (Å²) in [5, 5.41) is 12.4. The fourth-order valence-corrected chi connectivity index (χ4v) is 3.69. The summed E-state index contributed by atoms with van der Waals surface area (Å²) < 4.78 is 22.4. The third kappa shape index (κ3) is 5.75. The molecule has 1 fully saturated rings. The average Bonchev–Trinajstić information content (AvgIpc) is 2.49. The molecule has 23 heavy (non-hydrogen) atoms. The average molecular weight is 356 g/mol. The lowest BCUT2D eigenvalue weighted by molar-refractivity contribution is 0.308. The molecule has 1 saturated carbocycles. The number of primary sulfonamides is 1. The largest absolute Gasteiger partial charge is 0.362 e. The summed E-state index contributed by atoms with van der Waals surface area (Å²) in [6.07, 6.45) is 5.79. The van der Waals surface area contributed by atoms with Crippen LogP contribution in [0.4, 0.5) is 0 Å². The Morgan fingerprint density at radius 1 is 1.26 bits per heavy atom. The van der Waals surface area contributed by atoms with Gasteiger partial charge in [-0.1, -0.05) is 31.9 Å². The maximum absolute atomic E-state index is 11.2. The molecule has 0 aliphatic heterocycles. The van der Waals surface area contributed by atoms with E-state index in [2.05, 4.69) is 17.6 Å². The number of hydrogen-bond acceptors (Lipinski definition) is 3. The van der Waals surface area contributed by atoms with Gasteiger partial charge in [-0.15, -0.1) is 0 Å². The van der Waals surface area contributed by atoms with Crippen LogP contribution in [0, 0.1) is 5.92 Å². The zero-order valence-electron chi connectivity index (χ0n) is 13.4. The van der Waals surface area contributed by atoms with E-state index in [1.54, 1.807) is 12.1 Å². The van der Waals surface area contributed by atoms with Gasteiger partial charge >= 0.3 is 0 Å². The maximum Gasteiger partial charge on any atom is 0.238 e. The van der Waals surface area contributed by atoms with Crippen LogP contribution >= 0.6 is 12.2 Å². The maximum atomic E-state index is 11.2. The van der Waals surface area contributed by atoms with Gasteiger partial charge in [0.25, 0.3) is 0 Å². The molecule has 7 heteroatoms. The minimum absolute atomic E-state index is 0.137. The molecule has 0 heterocycles. The molecule has 0 saturated heterocycles. The van der Waals surface area contributed by atoms with Gasteiger partial charge in [0.2, 0.25) is 10.0 Å². The monoisotopic (exact) mass is 355 g/mol. The molecule has 0 radical (unpaired) electrons. The molecule has 128 valence electrons. The number of nitrogens with one attached hydrogen (secondary N) is 2. The van der Waals surface area contributed by atoms with Crippen LogP contribution in [0.15, 0.2) is 29.2 Å². The van der Waals surface area contributed by atoms with Gasteiger partial charge in [-0.2, -0.15) is 0 Å². The highest BCUT2D eigenvalue weighted by atomic mass is 32.2. The standard InChI is InChI=1S/C16H25N3O2S2/c1-12-4-2-3-5-15(12)19-16(22)18-11-10-13-6-8-14(9-7-13)23(17,20)21/h6-9,12,15H,2-5,10-11H2,1H3,(H2,17,20,21)(H2,18,19,22)/t12-,15+/m1/s1. The number of rotatable bonds is 5. The first-order valence-electron chi connectivity index (χ1n) is 8.02. The summed E-state index contributed by atoms with van der Waals surface area (Å²) in [4.78, 5) is 0.137. The summed E-state index contributed by atoms with van der Waals surface area (Å²) in [5.41, 5.74) is 1.04. The predicted octanol–water partition coefficient (Wildman–Crippen LogP) is 1.92. The zero-order valence-corrected chi connectivity index (χ0v) is 15.1. The molecule has 5 nitrogen and oxygen atoms in total. The zero-order chi connectivity index (χ0) is 16.9. The Kier molecular flexibility index (Phi) is 6.38. The number of benzene rings is 1. The highest BCUT2D eigenvalue weighted by Gasteiger charge is 2.21. The van der Waals surface area contributed by atoms with Crippen molar-refractivity contribution in [3.63, 3.8) is 0 Å². The first-order valence-corrected chi connectivity index (χ1v) is 9.98. The van der Waals surface area contributed by atoms with Crippen LogP contribution in [0.2, 0.25) is 0 Å². The summed E-state index contributed by atoms with van der Waals surface area (Å²) in [6, 6.07) is 7.09. The molecule has 0 amide bonds. The van der Waals surface area contributed by atoms with E-state index in [1.807, 2.05) is 0 Å². The van der Waals surface area contributed by atoms with Crippen LogP contribution in [0.3, 0.4) is 0 Å². The Bertz CT molecular complexity index is 629. The second kappa shape index (κ2) is 8.08. The van der Waals surface area contributed by atoms with Crippen LogP contribution in [0.1, 0.15) is 38.2 Å². The van der Waals surface area contributed by atoms with Crippen molar-refractivity contribution in [2.75, 3.05) is 6.54 Å². The van der Waals surface area contributed by atoms with Gasteiger partial charge in [0.1, 0.15) is 0 Å². The minimum Gasteiger partial charge on any atom is -0.362 e. The Morgan fingerprint density at radius 2 is 1.91 bits per heavy atom. The molecule has 1 aromatic carbocycles. The van der Waals surface area contributed by atoms with E-state index in [4.69, 9.17) is 17.4 Å². The lowest BCUT2D eigenvalue weighted by Gasteiger charge is -2.30. The van der Waals surface area contributed by atoms with Crippen molar-refractivity contribution in [2.45, 2.75) is 50.0 Å². The van der Waals surface area contributed by atoms with Crippen LogP contribution in [0.25, 0.3) is 0 Å². The molecule has 2 atom stereocenters. The molecule has 0 bridgehead atoms. The van der Waals surface area contributed by atoms with Crippen molar-refractivity contribution >= 4 is 27.4 Å². The lowest BCUT2D eigenvalue weighted by atomic mass is 9.86. The summed E-state index contributed by atoms with van der Waals surface area (Å²) >= 11 is 5.35. The molecular weight excluding hydrogens is 330 g/mol. The van der Waals surface area contributed by atoms with E-state index in [0.717, 1.165) is 12.0 Å². The van der Waals surface area contributed by atoms with Crippen molar-refractivity contribution in [1.82, 2.24) is 10.6 Å². The van der Waals surface area contributed by atoms with Gasteiger partial charge in [0.15, 0.2) is 5.11 Å². The van der Waals surface area contributed by atoms with Crippen LogP contribution in [-0.2, 0) is 16.4 Å². The molecule has 1 aromatic rings. The molecule has 4 N–H and O–H groups in total. The summed E-state index contributed by atoms with van der Waals surface area (Å²) in [6.45, 7) is 2.98. The first kappa shape index (κ1) is 18.2. The van der Waals surface area contributed by atoms with E-state index in [0.29, 0.717) is 23.6 Å². The third-order valence-corrected chi connectivity index (χ3v) is 5.57. The molecule has 2 rings (SSSR count). The smallest absolute Gasteiger partial charge is 0.238 e. The van der Waals surface area contributed by atoms with E-state index < -0.39 is 10.0 Å². The van der Waals surface area contributed by atoms with Gasteiger partial charge in [-0.3, -0.25) is 0 Å². The minimum atomic E-state index is -3.62. The van der Waals surface area contributed by atoms with Crippen molar-refractivity contribution < 1.29 is 8.42 Å². The van der Waals surface area contributed by atoms with E-state index in [-0.39, 0.29) is 4.90 Å². The van der Waals surface area contributed by atoms with Crippen molar-refractivity contribution in [2.24, 2.45) is 11.1 Å². The Hall–Kier alpha value is -1.18. The van der Waals surface area contributed by atoms with Gasteiger partial charge in [0.05, 0.1) is 4.90 Å². The Labute approximate surface area is 144 Å². The van der Waals surface area contributed by atoms with Crippen molar-refractivity contribution in [3.05, 3.63) is 29.8 Å². The lowest BCUT2D eigenvalue weighted by Crippen LogP contribution is -2.46. The number of sulfonamides is 1. The van der Waals surface area contributed by atoms with Crippen LogP contribution in [0.5, 0.6) is 0 Å². The molecule has 0 unspecified atom stereocenters. The molecular formula is C16H25N3O2S2. The van der Waals surface area contributed by atoms with E-state index in [9.17, 15) is 8.42 Å². The SMILES string of the molecule is C[C@@H]1CCCC[C@@H]1NC(=S)NCCc1ccc(S(N)(=O)=O)cc1. The van der Waals surface area contributed by atoms with Crippen LogP contribution in [-0.4, -0.2) is 26.1 Å². The second-order valence-electron chi connectivity index (χ2n) is 6.21. The predicted molar refractivity (Wildman–Crippen MR) is 96.7 cm³/mol. The van der Waals surface area contributed by atoms with E-state index in [1.165, 1.54) is 37.8 Å². The number of hydrogen-bond donors (Lipinski definition) is 3. The first-order chi connectivity index (χ1) is 10.9.